The summed E-state index contributed by atoms with van der Waals surface area (Å²) in [7, 11) is 0. The van der Waals surface area contributed by atoms with Crippen molar-refractivity contribution < 1.29 is 4.74 Å². The Hall–Kier alpha value is -0.120. The first-order valence-corrected chi connectivity index (χ1v) is 5.39. The Bertz CT molecular complexity index is 170. The van der Waals surface area contributed by atoms with Gasteiger partial charge in [-0.15, -0.1) is 0 Å². The van der Waals surface area contributed by atoms with Crippen LogP contribution >= 0.6 is 0 Å². The highest BCUT2D eigenvalue weighted by atomic mass is 16.5. The van der Waals surface area contributed by atoms with Gasteiger partial charge in [-0.25, -0.2) is 0 Å². The van der Waals surface area contributed by atoms with Crippen molar-refractivity contribution in [2.45, 2.75) is 38.5 Å². The van der Waals surface area contributed by atoms with E-state index in [1.807, 2.05) is 0 Å². The molecule has 3 nitrogen and oxygen atoms in total. The molecule has 1 N–H and O–H groups in total. The number of rotatable bonds is 2. The predicted octanol–water partition coefficient (Wildman–Crippen LogP) is 0.458. The first-order valence-electron chi connectivity index (χ1n) is 5.39. The normalized spacial score (nSPS) is 37.4. The Morgan fingerprint density at radius 3 is 2.77 bits per heavy atom. The first kappa shape index (κ1) is 9.44. The maximum Gasteiger partial charge on any atom is 0.0674 e. The van der Waals surface area contributed by atoms with Crippen molar-refractivity contribution in [2.24, 2.45) is 0 Å². The largest absolute Gasteiger partial charge is 0.376 e. The average molecular weight is 184 g/mol. The molecule has 0 spiro atoms. The molecule has 2 heterocycles. The molecule has 0 aromatic carbocycles. The molecule has 2 aliphatic rings. The molecule has 2 aliphatic heterocycles. The van der Waals surface area contributed by atoms with E-state index in [0.717, 1.165) is 19.2 Å². The van der Waals surface area contributed by atoms with Crippen LogP contribution in [0.5, 0.6) is 0 Å². The van der Waals surface area contributed by atoms with Crippen molar-refractivity contribution in [2.75, 3.05) is 26.2 Å². The third-order valence-corrected chi connectivity index (χ3v) is 3.21. The molecular formula is C10H20N2O. The summed E-state index contributed by atoms with van der Waals surface area (Å²) in [6, 6.07) is 1.43. The van der Waals surface area contributed by atoms with Gasteiger partial charge in [-0.2, -0.15) is 0 Å². The van der Waals surface area contributed by atoms with E-state index >= 15 is 0 Å². The van der Waals surface area contributed by atoms with Crippen LogP contribution in [0.3, 0.4) is 0 Å². The highest BCUT2D eigenvalue weighted by Gasteiger charge is 2.33. The predicted molar refractivity (Wildman–Crippen MR) is 52.9 cm³/mol. The first-order chi connectivity index (χ1) is 6.31. The summed E-state index contributed by atoms with van der Waals surface area (Å²) in [5.41, 5.74) is 0. The van der Waals surface area contributed by atoms with Crippen LogP contribution in [0.2, 0.25) is 0 Å². The lowest BCUT2D eigenvalue weighted by Crippen LogP contribution is -2.63. The van der Waals surface area contributed by atoms with Gasteiger partial charge < -0.3 is 10.1 Å². The molecule has 0 aliphatic carbocycles. The molecule has 13 heavy (non-hydrogen) atoms. The Labute approximate surface area is 80.4 Å². The molecule has 2 rings (SSSR count). The summed E-state index contributed by atoms with van der Waals surface area (Å²) in [5, 5.41) is 3.34. The highest BCUT2D eigenvalue weighted by Crippen LogP contribution is 2.19. The number of hydrogen-bond acceptors (Lipinski definition) is 3. The molecule has 2 atom stereocenters. The molecule has 0 bridgehead atoms. The monoisotopic (exact) mass is 184 g/mol. The Morgan fingerprint density at radius 1 is 1.46 bits per heavy atom. The fourth-order valence-corrected chi connectivity index (χ4v) is 2.18. The molecule has 2 saturated heterocycles. The fourth-order valence-electron chi connectivity index (χ4n) is 2.18. The van der Waals surface area contributed by atoms with Gasteiger partial charge in [0.05, 0.1) is 12.7 Å². The molecule has 0 aromatic heterocycles. The van der Waals surface area contributed by atoms with Crippen LogP contribution < -0.4 is 5.32 Å². The van der Waals surface area contributed by atoms with Gasteiger partial charge in [0.15, 0.2) is 0 Å². The van der Waals surface area contributed by atoms with Crippen molar-refractivity contribution in [3.63, 3.8) is 0 Å². The molecule has 2 fully saturated rings. The van der Waals surface area contributed by atoms with Gasteiger partial charge in [0.1, 0.15) is 0 Å². The minimum absolute atomic E-state index is 0.420. The fraction of sp³-hybridized carbons (Fsp3) is 1.00. The van der Waals surface area contributed by atoms with Crippen LogP contribution in [-0.4, -0.2) is 49.3 Å². The van der Waals surface area contributed by atoms with Gasteiger partial charge in [0.2, 0.25) is 0 Å². The molecular weight excluding hydrogens is 164 g/mol. The smallest absolute Gasteiger partial charge is 0.0674 e. The SMILES string of the molecule is CCC1COC(C)CN1C1CNC1. The molecule has 0 radical (unpaired) electrons. The maximum atomic E-state index is 5.67. The number of morpholine rings is 1. The quantitative estimate of drug-likeness (QED) is 0.674. The third kappa shape index (κ3) is 1.87. The van der Waals surface area contributed by atoms with Crippen LogP contribution in [0.4, 0.5) is 0 Å². The second-order valence-electron chi connectivity index (χ2n) is 4.21. The van der Waals surface area contributed by atoms with Crippen molar-refractivity contribution in [3.05, 3.63) is 0 Å². The molecule has 0 aromatic rings. The van der Waals surface area contributed by atoms with Gasteiger partial charge in [0, 0.05) is 31.7 Å². The number of nitrogens with zero attached hydrogens (tertiary/aromatic N) is 1. The molecule has 3 heteroatoms. The lowest BCUT2D eigenvalue weighted by atomic mass is 10.0. The van der Waals surface area contributed by atoms with E-state index in [-0.39, 0.29) is 0 Å². The van der Waals surface area contributed by atoms with Gasteiger partial charge in [-0.05, 0) is 13.3 Å². The molecule has 0 saturated carbocycles. The van der Waals surface area contributed by atoms with Crippen LogP contribution in [0.1, 0.15) is 20.3 Å². The second-order valence-corrected chi connectivity index (χ2v) is 4.21. The summed E-state index contributed by atoms with van der Waals surface area (Å²) >= 11 is 0. The number of nitrogens with one attached hydrogen (secondary N) is 1. The Morgan fingerprint density at radius 2 is 2.23 bits per heavy atom. The summed E-state index contributed by atoms with van der Waals surface area (Å²) in [5.74, 6) is 0. The average Bonchev–Trinajstić information content (AvgIpc) is 2.02. The molecule has 0 amide bonds. The summed E-state index contributed by atoms with van der Waals surface area (Å²) < 4.78 is 5.67. The topological polar surface area (TPSA) is 24.5 Å². The van der Waals surface area contributed by atoms with Crippen molar-refractivity contribution in [1.82, 2.24) is 10.2 Å². The zero-order chi connectivity index (χ0) is 9.26. The Balaban J connectivity index is 1.94. The number of ether oxygens (including phenoxy) is 1. The second kappa shape index (κ2) is 3.95. The maximum absolute atomic E-state index is 5.67. The molecule has 76 valence electrons. The van der Waals surface area contributed by atoms with E-state index in [9.17, 15) is 0 Å². The number of hydrogen-bond donors (Lipinski definition) is 1. The van der Waals surface area contributed by atoms with Crippen LogP contribution in [0, 0.1) is 0 Å². The van der Waals surface area contributed by atoms with E-state index < -0.39 is 0 Å². The van der Waals surface area contributed by atoms with Crippen LogP contribution in [0.25, 0.3) is 0 Å². The van der Waals surface area contributed by atoms with Gasteiger partial charge in [-0.3, -0.25) is 4.90 Å². The van der Waals surface area contributed by atoms with E-state index in [4.69, 9.17) is 4.74 Å². The Kier molecular flexibility index (Phi) is 2.86. The van der Waals surface area contributed by atoms with E-state index in [1.165, 1.54) is 19.5 Å². The van der Waals surface area contributed by atoms with Gasteiger partial charge in [0.25, 0.3) is 0 Å². The van der Waals surface area contributed by atoms with Gasteiger partial charge >= 0.3 is 0 Å². The van der Waals surface area contributed by atoms with Crippen molar-refractivity contribution >= 4 is 0 Å². The van der Waals surface area contributed by atoms with Crippen LogP contribution in [-0.2, 0) is 4.74 Å². The standard InChI is InChI=1S/C10H20N2O/c1-3-9-7-13-8(2)6-12(9)10-4-11-5-10/h8-11H,3-7H2,1-2H3. The minimum Gasteiger partial charge on any atom is -0.376 e. The van der Waals surface area contributed by atoms with E-state index in [2.05, 4.69) is 24.1 Å². The summed E-state index contributed by atoms with van der Waals surface area (Å²) in [6.45, 7) is 8.81. The van der Waals surface area contributed by atoms with E-state index in [1.54, 1.807) is 0 Å². The summed E-state index contributed by atoms with van der Waals surface area (Å²) in [6.07, 6.45) is 1.63. The minimum atomic E-state index is 0.420. The van der Waals surface area contributed by atoms with Gasteiger partial charge in [-0.1, -0.05) is 6.92 Å². The molecule has 2 unspecified atom stereocenters. The lowest BCUT2D eigenvalue weighted by Gasteiger charge is -2.46. The zero-order valence-corrected chi connectivity index (χ0v) is 8.62. The highest BCUT2D eigenvalue weighted by molar-refractivity contribution is 4.90. The van der Waals surface area contributed by atoms with Crippen LogP contribution in [0.15, 0.2) is 0 Å². The lowest BCUT2D eigenvalue weighted by molar-refractivity contribution is -0.0797. The zero-order valence-electron chi connectivity index (χ0n) is 8.62. The van der Waals surface area contributed by atoms with E-state index in [0.29, 0.717) is 12.1 Å². The van der Waals surface area contributed by atoms with Crippen molar-refractivity contribution in [3.8, 4) is 0 Å². The van der Waals surface area contributed by atoms with Crippen molar-refractivity contribution in [1.29, 1.82) is 0 Å². The third-order valence-electron chi connectivity index (χ3n) is 3.21. The summed E-state index contributed by atoms with van der Waals surface area (Å²) in [4.78, 5) is 2.63.